The number of rotatable bonds is 9. The Morgan fingerprint density at radius 2 is 1.62 bits per heavy atom. The molecule has 172 valence electrons. The molecule has 32 heavy (non-hydrogen) atoms. The number of esters is 1. The number of alkyl carbamates (subject to hydrolysis) is 1. The highest BCUT2D eigenvalue weighted by Gasteiger charge is 2.31. The number of Topliss-reactive ketones (excluding diaryl/α,β-unsaturated/α-hetero) is 1. The summed E-state index contributed by atoms with van der Waals surface area (Å²) in [4.78, 5) is 37.4. The summed E-state index contributed by atoms with van der Waals surface area (Å²) in [5.74, 6) is -1.15. The fraction of sp³-hybridized carbons (Fsp3) is 0.375. The number of halogens is 1. The lowest BCUT2D eigenvalue weighted by molar-refractivity contribution is -0.149. The van der Waals surface area contributed by atoms with Crippen molar-refractivity contribution in [2.75, 3.05) is 6.61 Å². The van der Waals surface area contributed by atoms with Crippen molar-refractivity contribution in [3.8, 4) is 0 Å². The number of hydrogen-bond acceptors (Lipinski definition) is 6. The Balaban J connectivity index is 2.03. The minimum atomic E-state index is -1.16. The summed E-state index contributed by atoms with van der Waals surface area (Å²) < 4.78 is 17.1. The second-order valence-corrected chi connectivity index (χ2v) is 9.08. The molecule has 0 heterocycles. The van der Waals surface area contributed by atoms with E-state index in [0.717, 1.165) is 10.0 Å². The van der Waals surface area contributed by atoms with Crippen molar-refractivity contribution in [2.45, 2.75) is 52.0 Å². The van der Waals surface area contributed by atoms with Crippen molar-refractivity contribution in [1.29, 1.82) is 0 Å². The van der Waals surface area contributed by atoms with Crippen LogP contribution in [0.25, 0.3) is 0 Å². The van der Waals surface area contributed by atoms with Crippen LogP contribution in [0.4, 0.5) is 4.79 Å². The monoisotopic (exact) mass is 505 g/mol. The molecular weight excluding hydrogens is 478 g/mol. The van der Waals surface area contributed by atoms with Gasteiger partial charge in [-0.1, -0.05) is 58.4 Å². The van der Waals surface area contributed by atoms with Crippen LogP contribution >= 0.6 is 15.9 Å². The summed E-state index contributed by atoms with van der Waals surface area (Å²) in [6.07, 6.45) is -1.52. The third-order valence-corrected chi connectivity index (χ3v) is 4.79. The zero-order valence-corrected chi connectivity index (χ0v) is 20.2. The molecule has 1 amide bonds. The standard InChI is InChI=1S/C24H28BrNO6/c1-16(30-14-17-8-6-5-7-9-17)21(26-23(29)32-24(2,3)4)22(28)31-15-20(27)18-10-12-19(25)13-11-18/h5-13,16,21H,14-15H2,1-4H3,(H,26,29)/t16-,21-/m0/s1. The first-order chi connectivity index (χ1) is 15.0. The summed E-state index contributed by atoms with van der Waals surface area (Å²) in [5, 5.41) is 2.50. The van der Waals surface area contributed by atoms with E-state index in [-0.39, 0.29) is 12.4 Å². The highest BCUT2D eigenvalue weighted by Crippen LogP contribution is 2.13. The van der Waals surface area contributed by atoms with E-state index in [2.05, 4.69) is 21.2 Å². The quantitative estimate of drug-likeness (QED) is 0.393. The van der Waals surface area contributed by atoms with Crippen LogP contribution in [0.3, 0.4) is 0 Å². The number of benzene rings is 2. The van der Waals surface area contributed by atoms with Crippen molar-refractivity contribution < 1.29 is 28.6 Å². The summed E-state index contributed by atoms with van der Waals surface area (Å²) in [6.45, 7) is 6.56. The number of nitrogens with one attached hydrogen (secondary N) is 1. The van der Waals surface area contributed by atoms with Gasteiger partial charge in [-0.2, -0.15) is 0 Å². The molecule has 0 aliphatic rings. The molecule has 0 saturated carbocycles. The van der Waals surface area contributed by atoms with Crippen LogP contribution < -0.4 is 5.32 Å². The number of amides is 1. The topological polar surface area (TPSA) is 90.9 Å². The highest BCUT2D eigenvalue weighted by atomic mass is 79.9. The van der Waals surface area contributed by atoms with Gasteiger partial charge in [0.1, 0.15) is 5.60 Å². The van der Waals surface area contributed by atoms with Crippen LogP contribution in [0.2, 0.25) is 0 Å². The molecule has 2 aromatic carbocycles. The molecule has 2 aromatic rings. The molecule has 2 atom stereocenters. The van der Waals surface area contributed by atoms with Gasteiger partial charge in [-0.15, -0.1) is 0 Å². The fourth-order valence-electron chi connectivity index (χ4n) is 2.65. The number of ketones is 1. The molecule has 8 heteroatoms. The number of carbonyl (C=O) groups is 3. The molecule has 0 bridgehead atoms. The molecule has 0 aromatic heterocycles. The van der Waals surface area contributed by atoms with Crippen molar-refractivity contribution in [3.63, 3.8) is 0 Å². The second kappa shape index (κ2) is 11.8. The van der Waals surface area contributed by atoms with Crippen LogP contribution in [0.15, 0.2) is 59.1 Å². The lowest BCUT2D eigenvalue weighted by atomic mass is 10.1. The second-order valence-electron chi connectivity index (χ2n) is 8.16. The lowest BCUT2D eigenvalue weighted by Gasteiger charge is -2.26. The summed E-state index contributed by atoms with van der Waals surface area (Å²) in [5.41, 5.74) is 0.574. The third kappa shape index (κ3) is 8.80. The van der Waals surface area contributed by atoms with Gasteiger partial charge < -0.3 is 19.5 Å². The summed E-state index contributed by atoms with van der Waals surface area (Å²) in [7, 11) is 0. The van der Waals surface area contributed by atoms with Gasteiger partial charge in [-0.05, 0) is 45.4 Å². The Hall–Kier alpha value is -2.71. The molecule has 0 radical (unpaired) electrons. The van der Waals surface area contributed by atoms with E-state index in [1.807, 2.05) is 30.3 Å². The smallest absolute Gasteiger partial charge is 0.408 e. The van der Waals surface area contributed by atoms with Gasteiger partial charge in [0.2, 0.25) is 0 Å². The van der Waals surface area contributed by atoms with Gasteiger partial charge in [0.05, 0.1) is 12.7 Å². The zero-order chi connectivity index (χ0) is 23.7. The first-order valence-corrected chi connectivity index (χ1v) is 10.9. The largest absolute Gasteiger partial charge is 0.456 e. The fourth-order valence-corrected chi connectivity index (χ4v) is 2.91. The highest BCUT2D eigenvalue weighted by molar-refractivity contribution is 9.10. The molecule has 7 nitrogen and oxygen atoms in total. The molecule has 0 spiro atoms. The molecule has 0 saturated heterocycles. The van der Waals surface area contributed by atoms with Gasteiger partial charge in [-0.25, -0.2) is 9.59 Å². The normalized spacial score (nSPS) is 13.0. The van der Waals surface area contributed by atoms with Crippen molar-refractivity contribution in [3.05, 3.63) is 70.2 Å². The van der Waals surface area contributed by atoms with E-state index < -0.39 is 36.4 Å². The van der Waals surface area contributed by atoms with E-state index in [1.54, 1.807) is 52.0 Å². The van der Waals surface area contributed by atoms with Crippen molar-refractivity contribution >= 4 is 33.8 Å². The Morgan fingerprint density at radius 1 is 1.00 bits per heavy atom. The molecule has 1 N–H and O–H groups in total. The van der Waals surface area contributed by atoms with Crippen LogP contribution in [0.5, 0.6) is 0 Å². The Labute approximate surface area is 196 Å². The number of carbonyl (C=O) groups excluding carboxylic acids is 3. The van der Waals surface area contributed by atoms with Crippen LogP contribution in [-0.2, 0) is 25.6 Å². The molecular formula is C24H28BrNO6. The van der Waals surface area contributed by atoms with Gasteiger partial charge in [0.15, 0.2) is 18.4 Å². The van der Waals surface area contributed by atoms with Crippen molar-refractivity contribution in [2.24, 2.45) is 0 Å². The predicted octanol–water partition coefficient (Wildman–Crippen LogP) is 4.67. The molecule has 0 aliphatic carbocycles. The van der Waals surface area contributed by atoms with Crippen molar-refractivity contribution in [1.82, 2.24) is 5.32 Å². The number of hydrogen-bond donors (Lipinski definition) is 1. The van der Waals surface area contributed by atoms with E-state index in [9.17, 15) is 14.4 Å². The minimum Gasteiger partial charge on any atom is -0.456 e. The average molecular weight is 506 g/mol. The van der Waals surface area contributed by atoms with Crippen LogP contribution in [0, 0.1) is 0 Å². The summed E-state index contributed by atoms with van der Waals surface area (Å²) in [6, 6.07) is 15.0. The van der Waals surface area contributed by atoms with Gasteiger partial charge in [-0.3, -0.25) is 4.79 Å². The average Bonchev–Trinajstić information content (AvgIpc) is 2.74. The third-order valence-electron chi connectivity index (χ3n) is 4.26. The van der Waals surface area contributed by atoms with E-state index >= 15 is 0 Å². The van der Waals surface area contributed by atoms with Gasteiger partial charge in [0, 0.05) is 10.0 Å². The van der Waals surface area contributed by atoms with E-state index in [4.69, 9.17) is 14.2 Å². The Kier molecular flexibility index (Phi) is 9.41. The maximum Gasteiger partial charge on any atom is 0.408 e. The first-order valence-electron chi connectivity index (χ1n) is 10.2. The van der Waals surface area contributed by atoms with E-state index in [1.165, 1.54) is 0 Å². The Morgan fingerprint density at radius 3 is 2.22 bits per heavy atom. The first kappa shape index (κ1) is 25.5. The minimum absolute atomic E-state index is 0.236. The van der Waals surface area contributed by atoms with Gasteiger partial charge in [0.25, 0.3) is 0 Å². The SMILES string of the molecule is C[C@H](OCc1ccccc1)[C@H](NC(=O)OC(C)(C)C)C(=O)OCC(=O)c1ccc(Br)cc1. The van der Waals surface area contributed by atoms with Gasteiger partial charge >= 0.3 is 12.1 Å². The molecule has 0 aliphatic heterocycles. The molecule has 0 unspecified atom stereocenters. The lowest BCUT2D eigenvalue weighted by Crippen LogP contribution is -2.51. The molecule has 2 rings (SSSR count). The zero-order valence-electron chi connectivity index (χ0n) is 18.6. The van der Waals surface area contributed by atoms with E-state index in [0.29, 0.717) is 5.56 Å². The number of ether oxygens (including phenoxy) is 3. The van der Waals surface area contributed by atoms with Crippen LogP contribution in [-0.4, -0.2) is 42.2 Å². The Bertz CT molecular complexity index is 908. The summed E-state index contributed by atoms with van der Waals surface area (Å²) >= 11 is 3.30. The predicted molar refractivity (Wildman–Crippen MR) is 123 cm³/mol. The maximum absolute atomic E-state index is 12.8. The molecule has 0 fully saturated rings. The van der Waals surface area contributed by atoms with Crippen LogP contribution in [0.1, 0.15) is 43.6 Å². The maximum atomic E-state index is 12.8.